The molecule has 1 saturated heterocycles. The molecule has 6 N–H and O–H groups in total. The van der Waals surface area contributed by atoms with Gasteiger partial charge in [0, 0.05) is 58.2 Å². The summed E-state index contributed by atoms with van der Waals surface area (Å²) < 4.78 is 22.8. The Labute approximate surface area is 395 Å². The van der Waals surface area contributed by atoms with E-state index < -0.39 is 12.3 Å². The van der Waals surface area contributed by atoms with Crippen LogP contribution in [0.2, 0.25) is 0 Å². The van der Waals surface area contributed by atoms with Gasteiger partial charge >= 0.3 is 0 Å². The summed E-state index contributed by atoms with van der Waals surface area (Å²) in [6.07, 6.45) is 20.2. The Morgan fingerprint density at radius 2 is 1.70 bits per heavy atom. The van der Waals surface area contributed by atoms with Crippen molar-refractivity contribution in [3.8, 4) is 29.1 Å². The molecule has 5 aromatic rings. The van der Waals surface area contributed by atoms with Crippen molar-refractivity contribution in [3.05, 3.63) is 142 Å². The lowest BCUT2D eigenvalue weighted by Gasteiger charge is -2.59. The monoisotopic (exact) mass is 899 g/mol. The fourth-order valence-electron chi connectivity index (χ4n) is 12.9. The maximum atomic E-state index is 11.6. The minimum absolute atomic E-state index is 0.100. The van der Waals surface area contributed by atoms with E-state index in [9.17, 15) is 15.3 Å². The molecule has 348 valence electrons. The normalized spacial score (nSPS) is 27.3. The van der Waals surface area contributed by atoms with Crippen LogP contribution in [0.1, 0.15) is 117 Å². The third-order valence-corrected chi connectivity index (χ3v) is 16.3. The Balaban J connectivity index is 1.07. The fraction of sp³-hybridized carbons (Fsp3) is 0.448. The molecule has 6 aliphatic rings. The second kappa shape index (κ2) is 18.5. The van der Waals surface area contributed by atoms with Crippen LogP contribution in [0.3, 0.4) is 0 Å². The summed E-state index contributed by atoms with van der Waals surface area (Å²) in [7, 11) is 0. The zero-order valence-electron chi connectivity index (χ0n) is 38.7. The molecule has 2 aliphatic carbocycles. The van der Waals surface area contributed by atoms with Crippen LogP contribution in [0.15, 0.2) is 108 Å². The van der Waals surface area contributed by atoms with E-state index >= 15 is 0 Å². The second-order valence-corrected chi connectivity index (χ2v) is 20.4. The van der Waals surface area contributed by atoms with Crippen LogP contribution >= 0.6 is 0 Å². The smallest absolute Gasteiger partial charge is 0.161 e. The molecule has 1 spiro atoms. The van der Waals surface area contributed by atoms with Gasteiger partial charge in [-0.05, 0) is 153 Å². The number of aliphatic hydroxyl groups is 1. The van der Waals surface area contributed by atoms with E-state index in [1.807, 2.05) is 30.3 Å². The van der Waals surface area contributed by atoms with Crippen LogP contribution in [0, 0.1) is 23.7 Å². The number of aromatic hydroxyl groups is 2. The standard InChI is InChI=1S/C58H65N3O6/c59-55-32-42-18-13-38(11-12-39-14-20-46(62)21-15-39)7-6-9-48-33-47(63)22-16-40-17-23-52(64)53(29-40)66-36-44-31-45(30-43-34-61(35-49(43)44)56(60-55)50(42)37-65-48)58-27-28-67-57(25-4-1-5-26-57)54(58)24-19-41-8-2-3-10-51(41)58/h2-3,8,10,14-15,17,20-21,23,29-32,34-35,38,47-48,54-55,60,62-64H,1,4-7,9,11-12,16,19,22,24-28,33,36-37,59H2. The summed E-state index contributed by atoms with van der Waals surface area (Å²) in [5.41, 5.74) is 15.7. The number of dihydropyridines is 1. The van der Waals surface area contributed by atoms with Crippen LogP contribution in [0.4, 0.5) is 0 Å². The number of benzene rings is 4. The lowest BCUT2D eigenvalue weighted by Crippen LogP contribution is -2.59. The number of aryl methyl sites for hydroxylation is 3. The van der Waals surface area contributed by atoms with E-state index in [4.69, 9.17) is 19.9 Å². The minimum Gasteiger partial charge on any atom is -0.508 e. The first-order valence-electron chi connectivity index (χ1n) is 25.1. The average molecular weight is 900 g/mol. The zero-order chi connectivity index (χ0) is 45.5. The Hall–Kier alpha value is -5.50. The van der Waals surface area contributed by atoms with Gasteiger partial charge in [0.25, 0.3) is 0 Å². The number of rotatable bonds is 4. The predicted molar refractivity (Wildman–Crippen MR) is 262 cm³/mol. The molecular weight excluding hydrogens is 835 g/mol. The molecule has 67 heavy (non-hydrogen) atoms. The molecule has 2 fully saturated rings. The molecule has 11 rings (SSSR count). The lowest BCUT2D eigenvalue weighted by molar-refractivity contribution is -0.166. The maximum absolute atomic E-state index is 11.6. The number of phenolic OH excluding ortho intramolecular Hbond substituents is 2. The van der Waals surface area contributed by atoms with Crippen molar-refractivity contribution in [2.75, 3.05) is 13.2 Å². The van der Waals surface area contributed by atoms with Crippen molar-refractivity contribution in [3.63, 3.8) is 0 Å². The molecule has 9 nitrogen and oxygen atoms in total. The Morgan fingerprint density at radius 1 is 0.836 bits per heavy atom. The van der Waals surface area contributed by atoms with Crippen molar-refractivity contribution in [1.29, 1.82) is 0 Å². The highest BCUT2D eigenvalue weighted by molar-refractivity contribution is 5.88. The topological polar surface area (TPSA) is 131 Å². The molecule has 0 radical (unpaired) electrons. The van der Waals surface area contributed by atoms with Gasteiger partial charge in [-0.2, -0.15) is 0 Å². The summed E-state index contributed by atoms with van der Waals surface area (Å²) in [6, 6.07) is 27.1. The van der Waals surface area contributed by atoms with Gasteiger partial charge < -0.3 is 45.1 Å². The summed E-state index contributed by atoms with van der Waals surface area (Å²) in [5, 5.41) is 38.5. The van der Waals surface area contributed by atoms with E-state index in [-0.39, 0.29) is 41.1 Å². The highest BCUT2D eigenvalue weighted by atomic mass is 16.5. The van der Waals surface area contributed by atoms with Crippen LogP contribution in [0.25, 0.3) is 16.6 Å². The van der Waals surface area contributed by atoms with E-state index in [1.54, 1.807) is 18.2 Å². The van der Waals surface area contributed by atoms with Crippen molar-refractivity contribution in [2.45, 2.75) is 139 Å². The molecule has 9 heteroatoms. The number of aromatic nitrogens is 1. The van der Waals surface area contributed by atoms with Gasteiger partial charge in [-0.1, -0.05) is 79.6 Å². The Bertz CT molecular complexity index is 2750. The number of fused-ring (bicyclic) bond motifs is 10. The molecule has 1 aromatic heterocycles. The van der Waals surface area contributed by atoms with Gasteiger partial charge in [-0.15, -0.1) is 0 Å². The van der Waals surface area contributed by atoms with Crippen molar-refractivity contribution in [1.82, 2.24) is 9.88 Å². The van der Waals surface area contributed by atoms with E-state index in [1.165, 1.54) is 41.5 Å². The SMILES string of the molecule is NC1C=C2C#CC(CCc3ccc(O)cc3)CCCC3CC(O)CCc4ccc(O)c(c4)OCc4cc(C56CCOC7(CCCCC7)C5CCc5ccccc56)cc5cn(cc45)C(=C2CO3)N1. The van der Waals surface area contributed by atoms with Crippen molar-refractivity contribution < 1.29 is 29.5 Å². The largest absolute Gasteiger partial charge is 0.508 e. The zero-order valence-corrected chi connectivity index (χ0v) is 38.7. The highest BCUT2D eigenvalue weighted by Crippen LogP contribution is 2.59. The number of ether oxygens (including phenoxy) is 3. The fourth-order valence-corrected chi connectivity index (χ4v) is 12.9. The predicted octanol–water partition coefficient (Wildman–Crippen LogP) is 10.1. The van der Waals surface area contributed by atoms with Gasteiger partial charge in [0.05, 0.1) is 30.6 Å². The summed E-state index contributed by atoms with van der Waals surface area (Å²) in [6.45, 7) is 1.29. The molecule has 0 amide bonds. The summed E-state index contributed by atoms with van der Waals surface area (Å²) in [4.78, 5) is 0. The van der Waals surface area contributed by atoms with Crippen molar-refractivity contribution in [2.24, 2.45) is 17.6 Å². The first-order chi connectivity index (χ1) is 32.7. The molecule has 6 bridgehead atoms. The number of phenols is 2. The van der Waals surface area contributed by atoms with Crippen LogP contribution in [-0.4, -0.2) is 57.1 Å². The van der Waals surface area contributed by atoms with E-state index in [0.29, 0.717) is 37.5 Å². The summed E-state index contributed by atoms with van der Waals surface area (Å²) >= 11 is 0. The number of nitrogens with two attached hydrogens (primary N) is 1. The van der Waals surface area contributed by atoms with E-state index in [0.717, 1.165) is 110 Å². The van der Waals surface area contributed by atoms with Gasteiger partial charge in [-0.3, -0.25) is 0 Å². The molecule has 4 aliphatic heterocycles. The first kappa shape index (κ1) is 44.0. The Morgan fingerprint density at radius 3 is 2.58 bits per heavy atom. The minimum atomic E-state index is -0.580. The van der Waals surface area contributed by atoms with E-state index in [2.05, 4.69) is 70.5 Å². The molecule has 4 aromatic carbocycles. The number of hydrogen-bond donors (Lipinski definition) is 5. The van der Waals surface area contributed by atoms with Gasteiger partial charge in [0.15, 0.2) is 11.5 Å². The lowest BCUT2D eigenvalue weighted by atomic mass is 9.51. The Kier molecular flexibility index (Phi) is 12.2. The second-order valence-electron chi connectivity index (χ2n) is 20.4. The first-order valence-corrected chi connectivity index (χ1v) is 25.1. The average Bonchev–Trinajstić information content (AvgIpc) is 3.77. The van der Waals surface area contributed by atoms with Crippen LogP contribution in [-0.2, 0) is 40.8 Å². The maximum Gasteiger partial charge on any atom is 0.161 e. The molecule has 5 heterocycles. The molecule has 6 atom stereocenters. The van der Waals surface area contributed by atoms with Gasteiger partial charge in [-0.25, -0.2) is 0 Å². The van der Waals surface area contributed by atoms with Gasteiger partial charge in [0.1, 0.15) is 18.2 Å². The molecule has 1 saturated carbocycles. The quantitative estimate of drug-likeness (QED) is 0.113. The highest BCUT2D eigenvalue weighted by Gasteiger charge is 2.58. The van der Waals surface area contributed by atoms with Crippen LogP contribution in [0.5, 0.6) is 17.2 Å². The number of hydrogen-bond acceptors (Lipinski definition) is 8. The third kappa shape index (κ3) is 8.67. The summed E-state index contributed by atoms with van der Waals surface area (Å²) in [5.74, 6) is 9.44. The molecule has 6 unspecified atom stereocenters. The van der Waals surface area contributed by atoms with Gasteiger partial charge in [0.2, 0.25) is 0 Å². The van der Waals surface area contributed by atoms with Crippen molar-refractivity contribution >= 4 is 16.6 Å². The van der Waals surface area contributed by atoms with Crippen LogP contribution < -0.4 is 15.8 Å². The number of nitrogens with zero attached hydrogens (tertiary/aromatic N) is 1. The molecular formula is C58H65N3O6. The number of nitrogens with one attached hydrogen (secondary N) is 1. The third-order valence-electron chi connectivity index (χ3n) is 16.3. The number of aliphatic hydroxyl groups excluding tert-OH is 1.